The molecule has 5 N–H and O–H groups in total. The number of aromatic amines is 1. The molecule has 1 fully saturated rings. The highest BCUT2D eigenvalue weighted by atomic mass is 79.9. The van der Waals surface area contributed by atoms with Gasteiger partial charge in [0, 0.05) is 66.0 Å². The zero-order valence-corrected chi connectivity index (χ0v) is 45.2. The van der Waals surface area contributed by atoms with Crippen LogP contribution in [0.15, 0.2) is 148 Å². The number of methoxy groups -OCH3 is 1. The Morgan fingerprint density at radius 3 is 2.01 bits per heavy atom. The molecule has 390 valence electrons. The summed E-state index contributed by atoms with van der Waals surface area (Å²) in [6, 6.07) is 36.2. The summed E-state index contributed by atoms with van der Waals surface area (Å²) in [7, 11) is -0.617. The van der Waals surface area contributed by atoms with Gasteiger partial charge in [0.15, 0.2) is 11.5 Å². The normalized spacial score (nSPS) is 12.8. The number of ether oxygens (including phenoxy) is 4. The molecular formula is C56H55BrCl2N6O9S. The summed E-state index contributed by atoms with van der Waals surface area (Å²) < 4.78 is 34.3. The van der Waals surface area contributed by atoms with Gasteiger partial charge in [0.25, 0.3) is 17.7 Å². The number of benzene rings is 5. The molecule has 3 amide bonds. The van der Waals surface area contributed by atoms with Crippen molar-refractivity contribution in [1.82, 2.24) is 25.9 Å². The third-order valence-electron chi connectivity index (χ3n) is 11.6. The molecule has 0 bridgehead atoms. The van der Waals surface area contributed by atoms with Crippen LogP contribution >= 0.6 is 39.1 Å². The number of rotatable bonds is 17. The van der Waals surface area contributed by atoms with E-state index in [0.29, 0.717) is 75.4 Å². The Morgan fingerprint density at radius 1 is 0.747 bits per heavy atom. The molecule has 7 aromatic rings. The fourth-order valence-corrected chi connectivity index (χ4v) is 9.13. The van der Waals surface area contributed by atoms with Crippen molar-refractivity contribution in [1.29, 1.82) is 0 Å². The van der Waals surface area contributed by atoms with Gasteiger partial charge in [-0.15, -0.1) is 0 Å². The van der Waals surface area contributed by atoms with Crippen LogP contribution in [0, 0.1) is 12.8 Å². The van der Waals surface area contributed by atoms with E-state index in [1.807, 2.05) is 97.9 Å². The lowest BCUT2D eigenvalue weighted by molar-refractivity contribution is 0.0938. The Hall–Kier alpha value is -7.31. The second kappa shape index (κ2) is 26.3. The lowest BCUT2D eigenvalue weighted by Gasteiger charge is -2.14. The molecule has 1 aliphatic heterocycles. The maximum atomic E-state index is 12.9. The minimum atomic E-state index is -2.25. The van der Waals surface area contributed by atoms with Crippen LogP contribution in [0.1, 0.15) is 71.7 Å². The molecule has 0 radical (unpaired) electrons. The molecule has 15 nitrogen and oxygen atoms in total. The monoisotopic (exact) mass is 1140 g/mol. The van der Waals surface area contributed by atoms with Gasteiger partial charge < -0.3 is 45.2 Å². The van der Waals surface area contributed by atoms with Gasteiger partial charge in [0.1, 0.15) is 11.3 Å². The van der Waals surface area contributed by atoms with Crippen molar-refractivity contribution in [3.8, 4) is 23.1 Å². The van der Waals surface area contributed by atoms with E-state index in [1.54, 1.807) is 43.8 Å². The minimum absolute atomic E-state index is 0.0780. The van der Waals surface area contributed by atoms with Crippen LogP contribution in [0.2, 0.25) is 10.0 Å². The molecule has 1 aliphatic carbocycles. The summed E-state index contributed by atoms with van der Waals surface area (Å²) in [6.07, 6.45) is 6.98. The van der Waals surface area contributed by atoms with Crippen LogP contribution in [-0.2, 0) is 35.7 Å². The number of carbonyl (C=O) groups excluding carboxylic acids is 3. The highest BCUT2D eigenvalue weighted by Gasteiger charge is 2.25. The molecule has 1 atom stereocenters. The van der Waals surface area contributed by atoms with Crippen LogP contribution in [0.4, 0.5) is 5.69 Å². The Morgan fingerprint density at radius 2 is 1.35 bits per heavy atom. The van der Waals surface area contributed by atoms with Gasteiger partial charge in [-0.05, 0) is 145 Å². The Labute approximate surface area is 453 Å². The zero-order chi connectivity index (χ0) is 53.5. The van der Waals surface area contributed by atoms with Crippen LogP contribution in [-0.4, -0.2) is 64.5 Å². The number of aromatic nitrogens is 2. The first kappa shape index (κ1) is 55.4. The Bertz CT molecular complexity index is 3280. The van der Waals surface area contributed by atoms with E-state index in [-0.39, 0.29) is 48.1 Å². The Balaban J connectivity index is 0.000000170. The SMILES string of the molecule is C=S(C)(=O)c1ccc(CNc2cccc(Cl)c2C(=O)NCc2ccc3c(c2)OCO3)cc1.COc1ccc(CNC(=O)c2c(C)cccc2Br)cc1.O=C(NCc1ccc(=O)[nH]c1)c1c(Cl)ccnc1OCC1CC1. The maximum absolute atomic E-state index is 12.9. The first-order valence-electron chi connectivity index (χ1n) is 23.6. The van der Waals surface area contributed by atoms with Crippen molar-refractivity contribution < 1.29 is 37.5 Å². The average Bonchev–Trinajstić information content (AvgIpc) is 4.12. The summed E-state index contributed by atoms with van der Waals surface area (Å²) in [6.45, 7) is 4.23. The largest absolute Gasteiger partial charge is 0.497 e. The van der Waals surface area contributed by atoms with Crippen LogP contribution in [0.5, 0.6) is 23.1 Å². The fraction of sp³-hybridized carbons (Fsp3) is 0.214. The molecule has 1 unspecified atom stereocenters. The van der Waals surface area contributed by atoms with E-state index < -0.39 is 9.52 Å². The summed E-state index contributed by atoms with van der Waals surface area (Å²) in [5, 5.41) is 12.5. The van der Waals surface area contributed by atoms with Crippen LogP contribution in [0.25, 0.3) is 0 Å². The summed E-state index contributed by atoms with van der Waals surface area (Å²) in [5.41, 5.74) is 6.36. The average molecular weight is 1140 g/mol. The number of nitrogens with one attached hydrogen (secondary N) is 5. The molecule has 19 heteroatoms. The smallest absolute Gasteiger partial charge is 0.258 e. The van der Waals surface area contributed by atoms with E-state index in [9.17, 15) is 23.4 Å². The summed E-state index contributed by atoms with van der Waals surface area (Å²) in [5.74, 6) is 5.95. The number of hydrogen-bond donors (Lipinski definition) is 5. The van der Waals surface area contributed by atoms with Crippen molar-refractivity contribution in [3.63, 3.8) is 0 Å². The summed E-state index contributed by atoms with van der Waals surface area (Å²) in [4.78, 5) is 55.9. The second-order valence-electron chi connectivity index (χ2n) is 17.5. The number of halogens is 3. The zero-order valence-electron chi connectivity index (χ0n) is 41.3. The number of fused-ring (bicyclic) bond motifs is 1. The third-order valence-corrected chi connectivity index (χ3v) is 14.2. The molecule has 1 saturated carbocycles. The van der Waals surface area contributed by atoms with Gasteiger partial charge in [-0.2, -0.15) is 0 Å². The molecule has 5 aromatic carbocycles. The van der Waals surface area contributed by atoms with E-state index in [2.05, 4.69) is 53.0 Å². The maximum Gasteiger partial charge on any atom is 0.258 e. The highest BCUT2D eigenvalue weighted by Crippen LogP contribution is 2.33. The lowest BCUT2D eigenvalue weighted by Crippen LogP contribution is -2.24. The number of anilines is 1. The van der Waals surface area contributed by atoms with E-state index in [4.69, 9.17) is 42.1 Å². The van der Waals surface area contributed by atoms with E-state index in [0.717, 1.165) is 50.9 Å². The quantitative estimate of drug-likeness (QED) is 0.0544. The van der Waals surface area contributed by atoms with E-state index in [1.165, 1.54) is 12.3 Å². The minimum Gasteiger partial charge on any atom is -0.497 e. The molecular weight excluding hydrogens is 1080 g/mol. The topological polar surface area (TPSA) is 199 Å². The van der Waals surface area contributed by atoms with Gasteiger partial charge in [-0.25, -0.2) is 4.98 Å². The molecule has 0 saturated heterocycles. The molecule has 2 aromatic heterocycles. The number of carbonyl (C=O) groups is 3. The van der Waals surface area contributed by atoms with Crippen molar-refractivity contribution in [2.24, 2.45) is 5.92 Å². The molecule has 2 aliphatic rings. The first-order chi connectivity index (χ1) is 36.1. The van der Waals surface area contributed by atoms with Crippen molar-refractivity contribution >= 4 is 77.9 Å². The van der Waals surface area contributed by atoms with Crippen LogP contribution in [0.3, 0.4) is 0 Å². The fourth-order valence-electron chi connectivity index (χ4n) is 7.29. The third kappa shape index (κ3) is 16.1. The summed E-state index contributed by atoms with van der Waals surface area (Å²) >= 11 is 15.9. The second-order valence-corrected chi connectivity index (χ2v) is 21.6. The van der Waals surface area contributed by atoms with Gasteiger partial charge in [0.2, 0.25) is 18.2 Å². The van der Waals surface area contributed by atoms with Crippen molar-refractivity contribution in [2.45, 2.75) is 50.8 Å². The van der Waals surface area contributed by atoms with Gasteiger partial charge in [-0.1, -0.05) is 77.8 Å². The molecule has 0 spiro atoms. The van der Waals surface area contributed by atoms with Crippen molar-refractivity contribution in [2.75, 3.05) is 32.1 Å². The number of hydrogen-bond acceptors (Lipinski definition) is 11. The molecule has 75 heavy (non-hydrogen) atoms. The van der Waals surface area contributed by atoms with Crippen molar-refractivity contribution in [3.05, 3.63) is 203 Å². The van der Waals surface area contributed by atoms with Gasteiger partial charge in [0.05, 0.1) is 34.9 Å². The van der Waals surface area contributed by atoms with E-state index >= 15 is 0 Å². The Kier molecular flexibility index (Phi) is 19.4. The van der Waals surface area contributed by atoms with Gasteiger partial charge in [-0.3, -0.25) is 23.4 Å². The number of H-pyrrole nitrogens is 1. The molecule has 3 heterocycles. The van der Waals surface area contributed by atoms with Gasteiger partial charge >= 0.3 is 0 Å². The predicted octanol–water partition coefficient (Wildman–Crippen LogP) is 10.2. The number of aryl methyl sites for hydroxylation is 1. The number of nitrogens with zero attached hydrogens (tertiary/aromatic N) is 1. The lowest BCUT2D eigenvalue weighted by atomic mass is 10.1. The molecule has 9 rings (SSSR count). The standard InChI is InChI=1S/C24H23ClN2O4S.C16H16BrNO2.C16H16ClN3O3/c1-32(2,29)18-9-6-16(7-10-18)13-26-20-5-3-4-19(25)23(20)24(28)27-14-17-8-11-21-22(12-17)31-15-30-21;1-11-4-3-5-14(17)15(11)16(19)18-10-12-6-8-13(20-2)9-7-12;17-12-5-6-18-16(23-9-10-1-2-10)14(12)15(22)20-8-11-3-4-13(21)19-7-11/h3-12,26H,1,13-15H2,2H3,(H,27,28);3-9H,10H2,1-2H3,(H,18,19);3-7,10H,1-2,8-9H2,(H,19,21)(H,20,22). The number of amides is 3. The number of pyridine rings is 2. The predicted molar refractivity (Wildman–Crippen MR) is 297 cm³/mol. The first-order valence-corrected chi connectivity index (χ1v) is 27.2. The van der Waals surface area contributed by atoms with Crippen LogP contribution < -0.4 is 45.8 Å². The highest BCUT2D eigenvalue weighted by molar-refractivity contribution is 9.10.